The van der Waals surface area contributed by atoms with E-state index < -0.39 is 6.17 Å². The van der Waals surface area contributed by atoms with Crippen molar-refractivity contribution < 1.29 is 9.18 Å². The van der Waals surface area contributed by atoms with E-state index in [1.54, 1.807) is 12.1 Å². The molecular weight excluding hydrogens is 281 g/mol. The molecule has 2 heterocycles. The number of hydrogen-bond acceptors (Lipinski definition) is 3. The van der Waals surface area contributed by atoms with Crippen molar-refractivity contribution in [3.8, 4) is 12.3 Å². The SMILES string of the molecule is C#CC1C[C@H]1C(=O)c1nc2n(n1)C(c1cc#ccc1)CC2F. The van der Waals surface area contributed by atoms with Gasteiger partial charge in [0.15, 0.2) is 12.0 Å². The van der Waals surface area contributed by atoms with Crippen LogP contribution in [0.5, 0.6) is 0 Å². The molecule has 22 heavy (non-hydrogen) atoms. The van der Waals surface area contributed by atoms with Crippen molar-refractivity contribution in [1.82, 2.24) is 14.8 Å². The molecule has 2 aromatic rings. The molecule has 1 fully saturated rings. The first-order valence-corrected chi connectivity index (χ1v) is 7.17. The van der Waals surface area contributed by atoms with Crippen molar-refractivity contribution in [1.29, 1.82) is 0 Å². The van der Waals surface area contributed by atoms with E-state index in [0.29, 0.717) is 6.42 Å². The summed E-state index contributed by atoms with van der Waals surface area (Å²) >= 11 is 0. The number of Topliss-reactive ketones (excluding diaryl/α,β-unsaturated/α-hetero) is 1. The van der Waals surface area contributed by atoms with E-state index >= 15 is 0 Å². The maximum absolute atomic E-state index is 14.2. The van der Waals surface area contributed by atoms with Crippen molar-refractivity contribution in [3.05, 3.63) is 47.5 Å². The fourth-order valence-corrected chi connectivity index (χ4v) is 2.96. The highest BCUT2D eigenvalue weighted by molar-refractivity contribution is 5.96. The van der Waals surface area contributed by atoms with Gasteiger partial charge in [0, 0.05) is 18.3 Å². The Kier molecular flexibility index (Phi) is 2.77. The molecule has 108 valence electrons. The average Bonchev–Trinajstić information content (AvgIpc) is 3.10. The normalized spacial score (nSPS) is 28.5. The molecule has 0 radical (unpaired) electrons. The van der Waals surface area contributed by atoms with Crippen molar-refractivity contribution >= 4 is 5.78 Å². The summed E-state index contributed by atoms with van der Waals surface area (Å²) in [5.41, 5.74) is 0.886. The molecule has 0 amide bonds. The zero-order chi connectivity index (χ0) is 15.3. The quantitative estimate of drug-likeness (QED) is 0.644. The molecule has 4 rings (SSSR count). The third kappa shape index (κ3) is 1.90. The van der Waals surface area contributed by atoms with Crippen LogP contribution in [0.15, 0.2) is 18.2 Å². The first-order chi connectivity index (χ1) is 10.7. The third-order valence-electron chi connectivity index (χ3n) is 4.29. The van der Waals surface area contributed by atoms with Crippen LogP contribution in [0.4, 0.5) is 4.39 Å². The highest BCUT2D eigenvalue weighted by atomic mass is 19.1. The van der Waals surface area contributed by atoms with E-state index in [-0.39, 0.29) is 41.7 Å². The maximum Gasteiger partial charge on any atom is 0.218 e. The van der Waals surface area contributed by atoms with Crippen LogP contribution >= 0.6 is 0 Å². The number of terminal acetylenes is 1. The molecule has 1 aromatic carbocycles. The number of fused-ring (bicyclic) bond motifs is 1. The van der Waals surface area contributed by atoms with Gasteiger partial charge in [0.25, 0.3) is 0 Å². The lowest BCUT2D eigenvalue weighted by molar-refractivity contribution is 0.0953. The molecule has 4 nitrogen and oxygen atoms in total. The minimum Gasteiger partial charge on any atom is -0.290 e. The van der Waals surface area contributed by atoms with E-state index in [0.717, 1.165) is 5.56 Å². The van der Waals surface area contributed by atoms with Crippen LogP contribution in [-0.2, 0) is 0 Å². The Labute approximate surface area is 127 Å². The number of aromatic nitrogens is 3. The zero-order valence-electron chi connectivity index (χ0n) is 11.7. The number of hydrogen-bond donors (Lipinski definition) is 0. The fourth-order valence-electron chi connectivity index (χ4n) is 2.96. The van der Waals surface area contributed by atoms with Gasteiger partial charge in [-0.3, -0.25) is 4.79 Å². The summed E-state index contributed by atoms with van der Waals surface area (Å²) in [4.78, 5) is 16.4. The van der Waals surface area contributed by atoms with Gasteiger partial charge in [-0.05, 0) is 30.2 Å². The van der Waals surface area contributed by atoms with E-state index in [4.69, 9.17) is 6.42 Å². The Morgan fingerprint density at radius 2 is 2.32 bits per heavy atom. The first kappa shape index (κ1) is 13.0. The Morgan fingerprint density at radius 3 is 3.00 bits per heavy atom. The Bertz CT molecular complexity index is 777. The molecule has 4 atom stereocenters. The van der Waals surface area contributed by atoms with Gasteiger partial charge in [0.1, 0.15) is 0 Å². The van der Waals surface area contributed by atoms with E-state index in [2.05, 4.69) is 28.1 Å². The second-order valence-corrected chi connectivity index (χ2v) is 5.70. The van der Waals surface area contributed by atoms with E-state index in [1.807, 2.05) is 6.07 Å². The largest absolute Gasteiger partial charge is 0.290 e. The number of alkyl halides is 1. The molecule has 2 aliphatic rings. The molecule has 1 aliphatic carbocycles. The van der Waals surface area contributed by atoms with Gasteiger partial charge < -0.3 is 0 Å². The molecular formula is C17H12FN3O. The summed E-state index contributed by atoms with van der Waals surface area (Å²) in [7, 11) is 0. The van der Waals surface area contributed by atoms with Gasteiger partial charge in [-0.2, -0.15) is 0 Å². The van der Waals surface area contributed by atoms with Gasteiger partial charge >= 0.3 is 0 Å². The van der Waals surface area contributed by atoms with Crippen LogP contribution in [0.2, 0.25) is 0 Å². The van der Waals surface area contributed by atoms with Gasteiger partial charge in [-0.1, -0.05) is 12.1 Å². The van der Waals surface area contributed by atoms with Crippen LogP contribution in [0.1, 0.15) is 47.1 Å². The fraction of sp³-hybridized carbons (Fsp3) is 0.353. The van der Waals surface area contributed by atoms with Crippen LogP contribution in [0.3, 0.4) is 0 Å². The molecule has 1 aromatic heterocycles. The number of carbonyl (C=O) groups is 1. The summed E-state index contributed by atoms with van der Waals surface area (Å²) < 4.78 is 15.7. The van der Waals surface area contributed by atoms with Gasteiger partial charge in [0.05, 0.1) is 6.04 Å². The maximum atomic E-state index is 14.2. The lowest BCUT2D eigenvalue weighted by Gasteiger charge is -2.10. The molecule has 1 saturated carbocycles. The minimum atomic E-state index is -1.22. The molecule has 5 heteroatoms. The number of rotatable bonds is 3. The van der Waals surface area contributed by atoms with Crippen LogP contribution < -0.4 is 0 Å². The second-order valence-electron chi connectivity index (χ2n) is 5.70. The summed E-state index contributed by atoms with van der Waals surface area (Å²) in [5.74, 6) is 2.46. The van der Waals surface area contributed by atoms with Gasteiger partial charge in [-0.25, -0.2) is 14.1 Å². The summed E-state index contributed by atoms with van der Waals surface area (Å²) in [5, 5.41) is 4.25. The highest BCUT2D eigenvalue weighted by Gasteiger charge is 2.45. The molecule has 1 aliphatic heterocycles. The van der Waals surface area contributed by atoms with Crippen molar-refractivity contribution in [3.63, 3.8) is 0 Å². The average molecular weight is 293 g/mol. The lowest BCUT2D eigenvalue weighted by Crippen LogP contribution is -2.11. The summed E-state index contributed by atoms with van der Waals surface area (Å²) in [6, 6.07) is 10.7. The lowest BCUT2D eigenvalue weighted by atomic mass is 10.1. The first-order valence-electron chi connectivity index (χ1n) is 7.17. The topological polar surface area (TPSA) is 47.8 Å². The smallest absolute Gasteiger partial charge is 0.218 e. The van der Waals surface area contributed by atoms with Crippen molar-refractivity contribution in [2.75, 3.05) is 0 Å². The highest BCUT2D eigenvalue weighted by Crippen LogP contribution is 2.42. The minimum absolute atomic E-state index is 0.0259. The van der Waals surface area contributed by atoms with Crippen LogP contribution in [0.25, 0.3) is 0 Å². The predicted molar refractivity (Wildman–Crippen MR) is 75.5 cm³/mol. The second kappa shape index (κ2) is 4.68. The molecule has 0 N–H and O–H groups in total. The predicted octanol–water partition coefficient (Wildman–Crippen LogP) is 2.33. The zero-order valence-corrected chi connectivity index (χ0v) is 11.7. The molecule has 3 unspecified atom stereocenters. The monoisotopic (exact) mass is 293 g/mol. The number of carbonyl (C=O) groups excluding carboxylic acids is 1. The Balaban J connectivity index is 1.67. The molecule has 0 spiro atoms. The molecule has 0 bridgehead atoms. The number of ketones is 1. The van der Waals surface area contributed by atoms with Crippen LogP contribution in [-0.4, -0.2) is 20.5 Å². The van der Waals surface area contributed by atoms with Crippen molar-refractivity contribution in [2.24, 2.45) is 11.8 Å². The summed E-state index contributed by atoms with van der Waals surface area (Å²) in [6.45, 7) is 0. The van der Waals surface area contributed by atoms with Gasteiger partial charge in [0.2, 0.25) is 11.6 Å². The van der Waals surface area contributed by atoms with E-state index in [9.17, 15) is 9.18 Å². The third-order valence-corrected chi connectivity index (χ3v) is 4.29. The summed E-state index contributed by atoms with van der Waals surface area (Å²) in [6.07, 6.45) is 5.05. The Morgan fingerprint density at radius 1 is 1.45 bits per heavy atom. The Hall–Kier alpha value is -2.66. The van der Waals surface area contributed by atoms with Gasteiger partial charge in [-0.15, -0.1) is 17.4 Å². The standard InChI is InChI=1S/C17H12FN3O/c1-2-10-8-12(10)15(22)16-19-17-13(18)9-14(21(17)20-16)11-6-4-3-5-7-11/h1,4,6-7,10,12-14H,8-9H2/t10?,12-,13?,14?/m1/s1. The van der Waals surface area contributed by atoms with Crippen molar-refractivity contribution in [2.45, 2.75) is 25.1 Å². The number of halogens is 1. The van der Waals surface area contributed by atoms with E-state index in [1.165, 1.54) is 4.68 Å². The molecule has 0 saturated heterocycles. The van der Waals surface area contributed by atoms with Crippen LogP contribution in [0, 0.1) is 36.3 Å². The number of nitrogens with zero attached hydrogens (tertiary/aromatic N) is 3.